The van der Waals surface area contributed by atoms with Gasteiger partial charge in [-0.15, -0.1) is 0 Å². The maximum Gasteiger partial charge on any atom is 0.146 e. The van der Waals surface area contributed by atoms with Gasteiger partial charge in [0, 0.05) is 167 Å². The van der Waals surface area contributed by atoms with Gasteiger partial charge in [0.05, 0.1) is 84.8 Å². The van der Waals surface area contributed by atoms with Gasteiger partial charge >= 0.3 is 0 Å². The lowest BCUT2D eigenvalue weighted by molar-refractivity contribution is -0.00100. The molecule has 0 saturated heterocycles. The average Bonchev–Trinajstić information content (AvgIpc) is 0.844. The van der Waals surface area contributed by atoms with E-state index in [0.29, 0.717) is 52.0 Å². The van der Waals surface area contributed by atoms with Crippen LogP contribution < -0.4 is 114 Å². The number of fused-ring (bicyclic) bond motifs is 12. The zero-order chi connectivity index (χ0) is 69.8. The molecule has 0 aliphatic heterocycles. The van der Waals surface area contributed by atoms with Gasteiger partial charge in [0.25, 0.3) is 0 Å². The molecule has 0 fully saturated rings. The van der Waals surface area contributed by atoms with E-state index in [1.165, 1.54) is 16.7 Å². The van der Waals surface area contributed by atoms with Gasteiger partial charge in [-0.2, -0.15) is 0 Å². The highest BCUT2D eigenvalue weighted by atomic mass is 127. The summed E-state index contributed by atoms with van der Waals surface area (Å²) < 4.78 is 50.4. The molecule has 534 valence electrons. The summed E-state index contributed by atoms with van der Waals surface area (Å²) in [6.45, 7) is 21.5. The fourth-order valence-corrected chi connectivity index (χ4v) is 13.1. The molecule has 10 rings (SSSR count). The van der Waals surface area contributed by atoms with E-state index in [-0.39, 0.29) is 108 Å². The van der Waals surface area contributed by atoms with Crippen LogP contribution in [-0.4, -0.2) is 113 Å². The highest BCUT2D eigenvalue weighted by Gasteiger charge is 2.32. The van der Waals surface area contributed by atoms with Crippen LogP contribution in [0.2, 0.25) is 0 Å². The van der Waals surface area contributed by atoms with E-state index in [9.17, 15) is 0 Å². The minimum Gasteiger partial charge on any atom is -1.00 e. The van der Waals surface area contributed by atoms with Crippen LogP contribution in [0.4, 0.5) is 17.1 Å². The number of aryl methyl sites for hydroxylation is 3. The van der Waals surface area contributed by atoms with Gasteiger partial charge in [-0.3, -0.25) is 13.4 Å². The van der Waals surface area contributed by atoms with Gasteiger partial charge < -0.3 is 114 Å². The van der Waals surface area contributed by atoms with E-state index in [0.717, 1.165) is 136 Å². The molecule has 0 atom stereocenters. The van der Waals surface area contributed by atoms with E-state index in [1.54, 1.807) is 0 Å². The molecule has 18 heteroatoms. The molecule has 0 unspecified atom stereocenters. The van der Waals surface area contributed by atoms with E-state index in [4.69, 9.17) is 43.4 Å². The van der Waals surface area contributed by atoms with Crippen LogP contribution in [0.3, 0.4) is 0 Å². The minimum absolute atomic E-state index is 0. The van der Waals surface area contributed by atoms with Crippen molar-refractivity contribution in [3.8, 4) is 34.5 Å². The number of imidazole rings is 3. The zero-order valence-electron chi connectivity index (χ0n) is 63.4. The average molecular weight is 1680 g/mol. The number of ether oxygens (including phenoxy) is 6. The smallest absolute Gasteiger partial charge is 0.146 e. The number of aromatic nitrogens is 6. The lowest BCUT2D eigenvalue weighted by Gasteiger charge is -2.29. The van der Waals surface area contributed by atoms with Crippen molar-refractivity contribution in [2.24, 2.45) is 21.1 Å². The summed E-state index contributed by atoms with van der Waals surface area (Å²) in [5.74, 6) is 7.36. The van der Waals surface area contributed by atoms with Crippen LogP contribution in [0.1, 0.15) is 163 Å². The summed E-state index contributed by atoms with van der Waals surface area (Å²) in [7, 11) is 31.7. The molecule has 1 aliphatic rings. The van der Waals surface area contributed by atoms with Crippen molar-refractivity contribution in [1.82, 2.24) is 42.1 Å². The Balaban J connectivity index is 0.00000459. The fraction of sp³-hybridized carbons (Fsp3) is 0.444. The number of rotatable bonds is 15. The molecule has 3 heterocycles. The number of methoxy groups -OCH3 is 3. The Labute approximate surface area is 642 Å². The summed E-state index contributed by atoms with van der Waals surface area (Å²) in [5, 5.41) is 0. The van der Waals surface area contributed by atoms with Gasteiger partial charge in [0.2, 0.25) is 0 Å². The summed E-state index contributed by atoms with van der Waals surface area (Å²) in [4.78, 5) is 14.4. The first-order chi connectivity index (χ1) is 44.9. The van der Waals surface area contributed by atoms with Crippen LogP contribution >= 0.6 is 0 Å². The molecule has 1 aliphatic carbocycles. The molecule has 0 radical (unpaired) electrons. The lowest BCUT2D eigenvalue weighted by Crippen LogP contribution is -3.00. The highest BCUT2D eigenvalue weighted by molar-refractivity contribution is 5.65. The van der Waals surface area contributed by atoms with Crippen molar-refractivity contribution in [2.75, 3.05) is 84.8 Å². The fourth-order valence-electron chi connectivity index (χ4n) is 13.1. The second-order valence-corrected chi connectivity index (χ2v) is 32.3. The van der Waals surface area contributed by atoms with Crippen LogP contribution in [0.5, 0.6) is 34.5 Å². The molecular formula is C81H108I3N9O6. The Morgan fingerprint density at radius 3 is 0.636 bits per heavy atom. The number of hydrogen-bond acceptors (Lipinski definition) is 9. The normalized spacial score (nSPS) is 13.1. The quantitative estimate of drug-likeness (QED) is 0.0903. The Hall–Kier alpha value is -6.18. The summed E-state index contributed by atoms with van der Waals surface area (Å²) in [5.41, 5.74) is 18.8. The predicted molar refractivity (Wildman–Crippen MR) is 393 cm³/mol. The van der Waals surface area contributed by atoms with Crippen molar-refractivity contribution in [1.29, 1.82) is 0 Å². The molecule has 9 aromatic rings. The molecule has 0 spiro atoms. The molecule has 12 bridgehead atoms. The van der Waals surface area contributed by atoms with E-state index < -0.39 is 0 Å². The zero-order valence-corrected chi connectivity index (χ0v) is 69.8. The number of nitrogens with zero attached hydrogens (tertiary/aromatic N) is 9. The summed E-state index contributed by atoms with van der Waals surface area (Å²) in [6.07, 6.45) is 14.5. The maximum absolute atomic E-state index is 7.35. The molecule has 0 amide bonds. The van der Waals surface area contributed by atoms with Gasteiger partial charge in [-0.05, 0) is 66.3 Å². The molecular weight excluding hydrogens is 1580 g/mol. The standard InChI is InChI=1S/C81H108N9O6.3HI/c1-79(2,3)64-37-52-31-58-43-67(88(13,14)15)45-60(73(58)91-22)33-54-39-65(80(4,5)6)41-56(77(54)95-50-71-83-26-29-86(71)11)35-62-47-69(90(19,20)21)48-63(75(62)93-24)36-57-42-66(81(7,8)9)40-55(78(57)96-51-72-84-27-30-87(72)12)34-61-46-68(89(16,17)18)44-59(74(61)92-23)32-53(38-64)76(52)94-49-70-82-25-28-85(70)10;;;/h25-30,37-48H,31-36,49-51H2,1-24H3;3*1H/q+3;;;/p-3. The number of hydrogen-bond donors (Lipinski definition) is 0. The largest absolute Gasteiger partial charge is 1.00 e. The first-order valence-corrected chi connectivity index (χ1v) is 33.7. The summed E-state index contributed by atoms with van der Waals surface area (Å²) in [6, 6.07) is 28.2. The van der Waals surface area contributed by atoms with Gasteiger partial charge in [0.15, 0.2) is 0 Å². The molecule has 15 nitrogen and oxygen atoms in total. The summed E-state index contributed by atoms with van der Waals surface area (Å²) >= 11 is 0. The van der Waals surface area contributed by atoms with Crippen LogP contribution in [0, 0.1) is 0 Å². The van der Waals surface area contributed by atoms with E-state index in [2.05, 4.69) is 199 Å². The van der Waals surface area contributed by atoms with Gasteiger partial charge in [-0.1, -0.05) is 98.7 Å². The number of quaternary nitrogens is 3. The van der Waals surface area contributed by atoms with Crippen LogP contribution in [-0.2, 0) is 95.7 Å². The molecule has 6 aromatic carbocycles. The van der Waals surface area contributed by atoms with E-state index >= 15 is 0 Å². The third-order valence-corrected chi connectivity index (χ3v) is 19.0. The van der Waals surface area contributed by atoms with Crippen molar-refractivity contribution in [3.63, 3.8) is 0 Å². The van der Waals surface area contributed by atoms with Crippen LogP contribution in [0.15, 0.2) is 110 Å². The number of benzene rings is 6. The van der Waals surface area contributed by atoms with Crippen molar-refractivity contribution in [3.05, 3.63) is 211 Å². The molecule has 0 N–H and O–H groups in total. The first-order valence-electron chi connectivity index (χ1n) is 33.7. The molecule has 3 aromatic heterocycles. The van der Waals surface area contributed by atoms with Crippen molar-refractivity contribution >= 4 is 17.1 Å². The molecule has 0 saturated carbocycles. The monoisotopic (exact) mass is 1680 g/mol. The lowest BCUT2D eigenvalue weighted by atomic mass is 9.81. The van der Waals surface area contributed by atoms with Crippen LogP contribution in [0.25, 0.3) is 0 Å². The third-order valence-electron chi connectivity index (χ3n) is 19.0. The third kappa shape index (κ3) is 18.4. The highest BCUT2D eigenvalue weighted by Crippen LogP contribution is 2.47. The maximum atomic E-state index is 7.35. The number of halogens is 3. The predicted octanol–water partition coefficient (Wildman–Crippen LogP) is 6.00. The van der Waals surface area contributed by atoms with Gasteiger partial charge in [-0.25, -0.2) is 15.0 Å². The van der Waals surface area contributed by atoms with Gasteiger partial charge in [0.1, 0.15) is 88.9 Å². The Morgan fingerprint density at radius 1 is 0.313 bits per heavy atom. The second kappa shape index (κ2) is 31.2. The molecule has 99 heavy (non-hydrogen) atoms. The Kier molecular flexibility index (Phi) is 25.2. The first kappa shape index (κ1) is 80.1. The minimum atomic E-state index is -0.247. The Morgan fingerprint density at radius 2 is 0.495 bits per heavy atom. The topological polar surface area (TPSA) is 109 Å². The second-order valence-electron chi connectivity index (χ2n) is 32.3. The Bertz CT molecular complexity index is 3750. The SMILES string of the molecule is COc1c2cc([N+](C)(C)C)cc1Cc1cc(C(C)(C)C)cc(c1OCc1nccn1C)Cc1cc([N+](C)(C)C)cc(c1OC)Cc1cc(C(C)(C)C)cc(c1OCc1nccn1C)Cc1cc([N+](C)(C)C)cc(c1OC)Cc1cc(C(C)(C)C)cc(c1OCc1nccn1C)C2.[I-].[I-].[I-]. The van der Waals surface area contributed by atoms with Crippen molar-refractivity contribution in [2.45, 2.75) is 137 Å². The van der Waals surface area contributed by atoms with E-state index in [1.807, 2.05) is 93.4 Å². The van der Waals surface area contributed by atoms with Crippen molar-refractivity contribution < 1.29 is 100 Å².